The summed E-state index contributed by atoms with van der Waals surface area (Å²) in [4.78, 5) is 15.3. The van der Waals surface area contributed by atoms with E-state index in [9.17, 15) is 9.90 Å². The van der Waals surface area contributed by atoms with E-state index in [1.807, 2.05) is 24.3 Å². The molecule has 1 amide bonds. The number of nitrogens with zero attached hydrogens (tertiary/aromatic N) is 3. The van der Waals surface area contributed by atoms with E-state index in [0.717, 1.165) is 5.56 Å². The number of furan rings is 1. The van der Waals surface area contributed by atoms with Gasteiger partial charge in [-0.3, -0.25) is 9.69 Å². The highest BCUT2D eigenvalue weighted by atomic mass is 32.2. The van der Waals surface area contributed by atoms with Crippen molar-refractivity contribution in [3.8, 4) is 5.75 Å². The summed E-state index contributed by atoms with van der Waals surface area (Å²) < 4.78 is 5.43. The van der Waals surface area contributed by atoms with Crippen LogP contribution in [0.2, 0.25) is 0 Å². The fraction of sp³-hybridized carbons (Fsp3) is 0.192. The molecule has 33 heavy (non-hydrogen) atoms. The SMILES string of the molecule is CC(C)(C)c1ccc(/C=C2\S/C(=N\N=C\c3ccccc3O)N(Cc3ccco3)C2=O)cc1. The van der Waals surface area contributed by atoms with E-state index in [-0.39, 0.29) is 23.6 Å². The summed E-state index contributed by atoms with van der Waals surface area (Å²) in [6.07, 6.45) is 4.90. The number of rotatable bonds is 5. The normalized spacial score (nSPS) is 17.1. The van der Waals surface area contributed by atoms with Crippen LogP contribution in [-0.4, -0.2) is 27.3 Å². The Morgan fingerprint density at radius 1 is 1.06 bits per heavy atom. The van der Waals surface area contributed by atoms with Gasteiger partial charge in [-0.05, 0) is 58.6 Å². The van der Waals surface area contributed by atoms with Gasteiger partial charge >= 0.3 is 0 Å². The summed E-state index contributed by atoms with van der Waals surface area (Å²) in [6, 6.07) is 18.7. The third-order valence-corrected chi connectivity index (χ3v) is 6.13. The van der Waals surface area contributed by atoms with E-state index in [4.69, 9.17) is 4.42 Å². The maximum Gasteiger partial charge on any atom is 0.267 e. The molecular formula is C26H25N3O3S. The van der Waals surface area contributed by atoms with Gasteiger partial charge in [0.05, 0.1) is 23.9 Å². The molecule has 4 rings (SSSR count). The van der Waals surface area contributed by atoms with Crippen molar-refractivity contribution in [2.45, 2.75) is 32.7 Å². The largest absolute Gasteiger partial charge is 0.507 e. The van der Waals surface area contributed by atoms with Crippen molar-refractivity contribution in [1.82, 2.24) is 4.90 Å². The Hall–Kier alpha value is -3.58. The Morgan fingerprint density at radius 3 is 2.48 bits per heavy atom. The highest BCUT2D eigenvalue weighted by Gasteiger charge is 2.34. The molecule has 6 nitrogen and oxygen atoms in total. The van der Waals surface area contributed by atoms with E-state index in [1.165, 1.54) is 23.5 Å². The zero-order valence-corrected chi connectivity index (χ0v) is 19.5. The number of hydrogen-bond donors (Lipinski definition) is 1. The Morgan fingerprint density at radius 2 is 1.82 bits per heavy atom. The van der Waals surface area contributed by atoms with Crippen LogP contribution in [0, 0.1) is 0 Å². The average molecular weight is 460 g/mol. The fourth-order valence-corrected chi connectivity index (χ4v) is 4.18. The molecule has 1 N–H and O–H groups in total. The zero-order valence-electron chi connectivity index (χ0n) is 18.7. The van der Waals surface area contributed by atoms with Crippen LogP contribution in [0.15, 0.2) is 86.5 Å². The standard InChI is InChI=1S/C26H25N3O3S/c1-26(2,3)20-12-10-18(11-13-20)15-23-24(31)29(17-21-8-6-14-32-21)25(33-23)28-27-16-19-7-4-5-9-22(19)30/h4-16,30H,17H2,1-3H3/b23-15-,27-16+,28-25-. The van der Waals surface area contributed by atoms with Crippen LogP contribution in [0.1, 0.15) is 43.2 Å². The Balaban J connectivity index is 1.61. The molecule has 1 aliphatic rings. The van der Waals surface area contributed by atoms with Crippen LogP contribution in [0.3, 0.4) is 0 Å². The van der Waals surface area contributed by atoms with Gasteiger partial charge in [-0.25, -0.2) is 0 Å². The molecule has 1 aliphatic heterocycles. The van der Waals surface area contributed by atoms with E-state index >= 15 is 0 Å². The lowest BCUT2D eigenvalue weighted by Crippen LogP contribution is -2.28. The number of aromatic hydroxyl groups is 1. The highest BCUT2D eigenvalue weighted by Crippen LogP contribution is 2.34. The number of para-hydroxylation sites is 1. The molecule has 1 saturated heterocycles. The number of thioether (sulfide) groups is 1. The summed E-state index contributed by atoms with van der Waals surface area (Å²) in [5, 5.41) is 18.7. The van der Waals surface area contributed by atoms with Crippen molar-refractivity contribution < 1.29 is 14.3 Å². The molecule has 1 fully saturated rings. The lowest BCUT2D eigenvalue weighted by atomic mass is 9.87. The van der Waals surface area contributed by atoms with Gasteiger partial charge in [-0.15, -0.1) is 5.10 Å². The van der Waals surface area contributed by atoms with Gasteiger partial charge < -0.3 is 9.52 Å². The van der Waals surface area contributed by atoms with Crippen molar-refractivity contribution in [3.05, 3.63) is 94.3 Å². The second kappa shape index (κ2) is 9.50. The minimum Gasteiger partial charge on any atom is -0.507 e. The third kappa shape index (κ3) is 5.43. The molecule has 0 aliphatic carbocycles. The predicted octanol–water partition coefficient (Wildman–Crippen LogP) is 5.79. The number of phenolic OH excluding ortho intramolecular Hbond substituents is 1. The van der Waals surface area contributed by atoms with Crippen molar-refractivity contribution >= 4 is 35.1 Å². The van der Waals surface area contributed by atoms with Crippen LogP contribution in [-0.2, 0) is 16.8 Å². The van der Waals surface area contributed by atoms with Gasteiger partial charge in [0.2, 0.25) is 0 Å². The van der Waals surface area contributed by atoms with Crippen molar-refractivity contribution in [3.63, 3.8) is 0 Å². The molecule has 7 heteroatoms. The third-order valence-electron chi connectivity index (χ3n) is 5.13. The topological polar surface area (TPSA) is 78.4 Å². The minimum absolute atomic E-state index is 0.0639. The molecule has 0 spiro atoms. The predicted molar refractivity (Wildman–Crippen MR) is 133 cm³/mol. The summed E-state index contributed by atoms with van der Waals surface area (Å²) >= 11 is 1.26. The molecule has 1 aromatic heterocycles. The number of amidine groups is 1. The maximum atomic E-state index is 13.2. The first kappa shape index (κ1) is 22.6. The van der Waals surface area contributed by atoms with Crippen LogP contribution < -0.4 is 0 Å². The van der Waals surface area contributed by atoms with Crippen molar-refractivity contribution in [1.29, 1.82) is 0 Å². The Labute approximate surface area is 197 Å². The van der Waals surface area contributed by atoms with Crippen LogP contribution in [0.25, 0.3) is 6.08 Å². The number of benzene rings is 2. The quantitative estimate of drug-likeness (QED) is 0.298. The van der Waals surface area contributed by atoms with Crippen molar-refractivity contribution in [2.75, 3.05) is 0 Å². The Kier molecular flexibility index (Phi) is 6.51. The number of carbonyl (C=O) groups excluding carboxylic acids is 1. The van der Waals surface area contributed by atoms with E-state index in [2.05, 4.69) is 43.1 Å². The highest BCUT2D eigenvalue weighted by molar-refractivity contribution is 8.18. The number of amides is 1. The first-order valence-electron chi connectivity index (χ1n) is 10.5. The molecular weight excluding hydrogens is 434 g/mol. The molecule has 2 aromatic carbocycles. The first-order chi connectivity index (χ1) is 15.8. The van der Waals surface area contributed by atoms with E-state index < -0.39 is 0 Å². The number of phenols is 1. The molecule has 0 radical (unpaired) electrons. The lowest BCUT2D eigenvalue weighted by molar-refractivity contribution is -0.122. The minimum atomic E-state index is -0.159. The second-order valence-corrected chi connectivity index (χ2v) is 9.65. The summed E-state index contributed by atoms with van der Waals surface area (Å²) in [6.45, 7) is 6.76. The molecule has 168 valence electrons. The van der Waals surface area contributed by atoms with Crippen LogP contribution in [0.5, 0.6) is 5.75 Å². The van der Waals surface area contributed by atoms with Gasteiger partial charge in [0, 0.05) is 5.56 Å². The average Bonchev–Trinajstić information content (AvgIpc) is 3.39. The number of hydrogen-bond acceptors (Lipinski definition) is 6. The smallest absolute Gasteiger partial charge is 0.267 e. The van der Waals surface area contributed by atoms with E-state index in [1.54, 1.807) is 41.5 Å². The van der Waals surface area contributed by atoms with Gasteiger partial charge in [-0.1, -0.05) is 57.2 Å². The van der Waals surface area contributed by atoms with E-state index in [0.29, 0.717) is 21.4 Å². The first-order valence-corrected chi connectivity index (χ1v) is 11.4. The summed E-state index contributed by atoms with van der Waals surface area (Å²) in [7, 11) is 0. The fourth-order valence-electron chi connectivity index (χ4n) is 3.25. The molecule has 0 saturated carbocycles. The second-order valence-electron chi connectivity index (χ2n) is 8.64. The summed E-state index contributed by atoms with van der Waals surface area (Å²) in [5.41, 5.74) is 2.78. The van der Waals surface area contributed by atoms with Gasteiger partial charge in [-0.2, -0.15) is 5.10 Å². The monoisotopic (exact) mass is 459 g/mol. The molecule has 2 heterocycles. The Bertz CT molecular complexity index is 1220. The maximum absolute atomic E-state index is 13.2. The van der Waals surface area contributed by atoms with Gasteiger partial charge in [0.1, 0.15) is 11.5 Å². The molecule has 3 aromatic rings. The zero-order chi connectivity index (χ0) is 23.4. The number of carbonyl (C=O) groups is 1. The van der Waals surface area contributed by atoms with Gasteiger partial charge in [0.15, 0.2) is 5.17 Å². The van der Waals surface area contributed by atoms with Crippen LogP contribution in [0.4, 0.5) is 0 Å². The molecule has 0 atom stereocenters. The molecule has 0 unspecified atom stereocenters. The molecule has 0 bridgehead atoms. The summed E-state index contributed by atoms with van der Waals surface area (Å²) in [5.74, 6) is 0.605. The van der Waals surface area contributed by atoms with Crippen LogP contribution >= 0.6 is 11.8 Å². The van der Waals surface area contributed by atoms with Crippen molar-refractivity contribution in [2.24, 2.45) is 10.2 Å². The van der Waals surface area contributed by atoms with Gasteiger partial charge in [0.25, 0.3) is 5.91 Å². The lowest BCUT2D eigenvalue weighted by Gasteiger charge is -2.18.